The van der Waals surface area contributed by atoms with E-state index in [1.165, 1.54) is 0 Å². The number of aliphatic hydroxyl groups excluding tert-OH is 1. The topological polar surface area (TPSA) is 61.3 Å². The van der Waals surface area contributed by atoms with Gasteiger partial charge in [0, 0.05) is 19.8 Å². The quantitative estimate of drug-likeness (QED) is 0.885. The molecule has 0 amide bonds. The molecule has 6 heteroatoms. The standard InChI is InChI=1S/C11H17BrN4O/c1-7-3-4-16(9(7)6-17)10-8(12)5-14-11(13-2)15-10/h5,7,9,17H,3-4,6H2,1-2H3,(H,13,14,15). The second kappa shape index (κ2) is 5.18. The molecule has 2 N–H and O–H groups in total. The van der Waals surface area contributed by atoms with Crippen LogP contribution in [0.2, 0.25) is 0 Å². The Morgan fingerprint density at radius 3 is 3.06 bits per heavy atom. The van der Waals surface area contributed by atoms with Crippen LogP contribution in [0.1, 0.15) is 13.3 Å². The van der Waals surface area contributed by atoms with Crippen molar-refractivity contribution in [3.8, 4) is 0 Å². The molecule has 1 aromatic heterocycles. The van der Waals surface area contributed by atoms with Crippen molar-refractivity contribution in [2.45, 2.75) is 19.4 Å². The van der Waals surface area contributed by atoms with Crippen LogP contribution < -0.4 is 10.2 Å². The van der Waals surface area contributed by atoms with Crippen LogP contribution in [0.15, 0.2) is 10.7 Å². The molecule has 0 saturated carbocycles. The summed E-state index contributed by atoms with van der Waals surface area (Å²) in [6, 6.07) is 0.144. The van der Waals surface area contributed by atoms with E-state index in [2.05, 4.69) is 43.0 Å². The third-order valence-corrected chi connectivity index (χ3v) is 3.85. The van der Waals surface area contributed by atoms with Crippen molar-refractivity contribution < 1.29 is 5.11 Å². The second-order valence-electron chi connectivity index (χ2n) is 4.32. The van der Waals surface area contributed by atoms with E-state index < -0.39 is 0 Å². The molecule has 0 aromatic carbocycles. The van der Waals surface area contributed by atoms with Gasteiger partial charge in [-0.2, -0.15) is 4.98 Å². The van der Waals surface area contributed by atoms with Gasteiger partial charge in [0.05, 0.1) is 17.1 Å². The Morgan fingerprint density at radius 2 is 2.41 bits per heavy atom. The lowest BCUT2D eigenvalue weighted by atomic mass is 10.0. The SMILES string of the molecule is CNc1ncc(Br)c(N2CCC(C)C2CO)n1. The first-order valence-corrected chi connectivity index (χ1v) is 6.54. The van der Waals surface area contributed by atoms with Crippen LogP contribution in [-0.2, 0) is 0 Å². The number of nitrogens with zero attached hydrogens (tertiary/aromatic N) is 3. The molecule has 1 saturated heterocycles. The predicted molar refractivity (Wildman–Crippen MR) is 71.3 cm³/mol. The molecule has 2 atom stereocenters. The van der Waals surface area contributed by atoms with Gasteiger partial charge < -0.3 is 15.3 Å². The molecule has 1 aliphatic rings. The van der Waals surface area contributed by atoms with Gasteiger partial charge in [-0.05, 0) is 28.3 Å². The number of anilines is 2. The fourth-order valence-electron chi connectivity index (χ4n) is 2.23. The second-order valence-corrected chi connectivity index (χ2v) is 5.18. The Morgan fingerprint density at radius 1 is 1.65 bits per heavy atom. The van der Waals surface area contributed by atoms with Gasteiger partial charge in [0.15, 0.2) is 0 Å². The lowest BCUT2D eigenvalue weighted by Gasteiger charge is -2.27. The summed E-state index contributed by atoms with van der Waals surface area (Å²) >= 11 is 3.47. The highest BCUT2D eigenvalue weighted by Gasteiger charge is 2.32. The fraction of sp³-hybridized carbons (Fsp3) is 0.636. The number of hydrogen-bond acceptors (Lipinski definition) is 5. The predicted octanol–water partition coefficient (Wildman–Crippen LogP) is 1.49. The normalized spacial score (nSPS) is 24.1. The average molecular weight is 301 g/mol. The summed E-state index contributed by atoms with van der Waals surface area (Å²) in [5.41, 5.74) is 0. The number of halogens is 1. The van der Waals surface area contributed by atoms with Gasteiger partial charge in [-0.3, -0.25) is 0 Å². The van der Waals surface area contributed by atoms with E-state index in [-0.39, 0.29) is 12.6 Å². The van der Waals surface area contributed by atoms with Crippen molar-refractivity contribution >= 4 is 27.7 Å². The van der Waals surface area contributed by atoms with Crippen molar-refractivity contribution in [2.24, 2.45) is 5.92 Å². The van der Waals surface area contributed by atoms with E-state index >= 15 is 0 Å². The first kappa shape index (κ1) is 12.6. The molecule has 1 fully saturated rings. The number of rotatable bonds is 3. The maximum absolute atomic E-state index is 9.47. The van der Waals surface area contributed by atoms with Crippen molar-refractivity contribution in [1.29, 1.82) is 0 Å². The van der Waals surface area contributed by atoms with Crippen LogP contribution in [0.5, 0.6) is 0 Å². The van der Waals surface area contributed by atoms with Crippen molar-refractivity contribution in [1.82, 2.24) is 9.97 Å². The molecule has 0 bridgehead atoms. The lowest BCUT2D eigenvalue weighted by molar-refractivity contribution is 0.244. The van der Waals surface area contributed by atoms with E-state index in [9.17, 15) is 5.11 Å². The summed E-state index contributed by atoms with van der Waals surface area (Å²) in [6.45, 7) is 3.24. The number of aromatic nitrogens is 2. The average Bonchev–Trinajstić information content (AvgIpc) is 2.71. The number of hydrogen-bond donors (Lipinski definition) is 2. The summed E-state index contributed by atoms with van der Waals surface area (Å²) in [6.07, 6.45) is 2.82. The van der Waals surface area contributed by atoms with Gasteiger partial charge in [0.2, 0.25) is 5.95 Å². The van der Waals surface area contributed by atoms with Gasteiger partial charge in [0.1, 0.15) is 5.82 Å². The Labute approximate surface area is 109 Å². The third kappa shape index (κ3) is 2.37. The Bertz CT molecular complexity index is 401. The molecule has 2 heterocycles. The summed E-state index contributed by atoms with van der Waals surface area (Å²) < 4.78 is 0.865. The van der Waals surface area contributed by atoms with Crippen molar-refractivity contribution in [3.05, 3.63) is 10.7 Å². The third-order valence-electron chi connectivity index (χ3n) is 3.29. The summed E-state index contributed by atoms with van der Waals surface area (Å²) in [5.74, 6) is 1.94. The lowest BCUT2D eigenvalue weighted by Crippen LogP contribution is -2.36. The zero-order chi connectivity index (χ0) is 12.4. The highest BCUT2D eigenvalue weighted by Crippen LogP contribution is 2.33. The summed E-state index contributed by atoms with van der Waals surface area (Å²) in [7, 11) is 1.79. The van der Waals surface area contributed by atoms with Gasteiger partial charge in [0.25, 0.3) is 0 Å². The Balaban J connectivity index is 2.32. The van der Waals surface area contributed by atoms with Gasteiger partial charge >= 0.3 is 0 Å². The molecule has 0 aliphatic carbocycles. The zero-order valence-electron chi connectivity index (χ0n) is 10.0. The molecule has 2 unspecified atom stereocenters. The van der Waals surface area contributed by atoms with E-state index in [0.717, 1.165) is 23.3 Å². The molecule has 1 aliphatic heterocycles. The first-order chi connectivity index (χ1) is 8.17. The van der Waals surface area contributed by atoms with Gasteiger partial charge in [-0.1, -0.05) is 6.92 Å². The van der Waals surface area contributed by atoms with Crippen LogP contribution >= 0.6 is 15.9 Å². The first-order valence-electron chi connectivity index (χ1n) is 5.75. The van der Waals surface area contributed by atoms with Crippen molar-refractivity contribution in [3.63, 3.8) is 0 Å². The van der Waals surface area contributed by atoms with Gasteiger partial charge in [-0.15, -0.1) is 0 Å². The molecule has 0 spiro atoms. The maximum atomic E-state index is 9.47. The largest absolute Gasteiger partial charge is 0.394 e. The van der Waals surface area contributed by atoms with E-state index in [4.69, 9.17) is 0 Å². The number of nitrogens with one attached hydrogen (secondary N) is 1. The van der Waals surface area contributed by atoms with Crippen LogP contribution in [0, 0.1) is 5.92 Å². The van der Waals surface area contributed by atoms with Crippen LogP contribution in [-0.4, -0.2) is 41.3 Å². The van der Waals surface area contributed by atoms with Crippen LogP contribution in [0.3, 0.4) is 0 Å². The van der Waals surface area contributed by atoms with Crippen molar-refractivity contribution in [2.75, 3.05) is 30.4 Å². The zero-order valence-corrected chi connectivity index (χ0v) is 11.6. The molecular formula is C11H17BrN4O. The fourth-order valence-corrected chi connectivity index (χ4v) is 2.65. The van der Waals surface area contributed by atoms with E-state index in [1.807, 2.05) is 0 Å². The molecule has 94 valence electrons. The van der Waals surface area contributed by atoms with Crippen LogP contribution in [0.4, 0.5) is 11.8 Å². The monoisotopic (exact) mass is 300 g/mol. The molecule has 17 heavy (non-hydrogen) atoms. The minimum atomic E-state index is 0.144. The van der Waals surface area contributed by atoms with Gasteiger partial charge in [-0.25, -0.2) is 4.98 Å². The molecule has 0 radical (unpaired) electrons. The smallest absolute Gasteiger partial charge is 0.224 e. The highest BCUT2D eigenvalue weighted by molar-refractivity contribution is 9.10. The molecule has 1 aromatic rings. The molecular weight excluding hydrogens is 284 g/mol. The van der Waals surface area contributed by atoms with E-state index in [0.29, 0.717) is 11.9 Å². The highest BCUT2D eigenvalue weighted by atomic mass is 79.9. The molecule has 2 rings (SSSR count). The Kier molecular flexibility index (Phi) is 3.83. The summed E-state index contributed by atoms with van der Waals surface area (Å²) in [5, 5.41) is 12.4. The Hall–Kier alpha value is -0.880. The molecule has 5 nitrogen and oxygen atoms in total. The number of aliphatic hydroxyl groups is 1. The van der Waals surface area contributed by atoms with Crippen LogP contribution in [0.25, 0.3) is 0 Å². The minimum absolute atomic E-state index is 0.144. The maximum Gasteiger partial charge on any atom is 0.224 e. The minimum Gasteiger partial charge on any atom is -0.394 e. The van der Waals surface area contributed by atoms with E-state index in [1.54, 1.807) is 13.2 Å². The summed E-state index contributed by atoms with van der Waals surface area (Å²) in [4.78, 5) is 10.7.